The molecule has 0 fully saturated rings. The molecule has 0 aliphatic rings. The van der Waals surface area contributed by atoms with Gasteiger partial charge in [0.15, 0.2) is 0 Å². The Morgan fingerprint density at radius 1 is 0.944 bits per heavy atom. The molecule has 1 unspecified atom stereocenters. The molecular weight excluding hydrogens is 226 g/mol. The zero-order valence-corrected chi connectivity index (χ0v) is 12.0. The number of carbonyl (C=O) groups excluding carboxylic acids is 1. The molecule has 18 heavy (non-hydrogen) atoms. The number of nitrogens with two attached hydrogens (primary N) is 1. The highest BCUT2D eigenvalue weighted by Crippen LogP contribution is 2.17. The van der Waals surface area contributed by atoms with Gasteiger partial charge in [0.1, 0.15) is 0 Å². The summed E-state index contributed by atoms with van der Waals surface area (Å²) in [4.78, 5) is 11.0. The Morgan fingerprint density at radius 3 is 1.94 bits per heavy atom. The molecule has 0 saturated heterocycles. The van der Waals surface area contributed by atoms with Crippen LogP contribution in [0, 0.1) is 5.92 Å². The van der Waals surface area contributed by atoms with Crippen LogP contribution in [0.2, 0.25) is 0 Å². The molecule has 0 aliphatic heterocycles. The highest BCUT2D eigenvalue weighted by atomic mass is 16.4. The molecule has 3 heteroatoms. The molecule has 108 valence electrons. The predicted octanol–water partition coefficient (Wildman–Crippen LogP) is 2.62. The van der Waals surface area contributed by atoms with E-state index in [1.807, 2.05) is 0 Å². The van der Waals surface area contributed by atoms with Crippen molar-refractivity contribution in [2.75, 3.05) is 6.54 Å². The number of carboxylic acids is 1. The lowest BCUT2D eigenvalue weighted by Crippen LogP contribution is -2.31. The molecule has 0 radical (unpaired) electrons. The molecule has 0 aromatic carbocycles. The van der Waals surface area contributed by atoms with Gasteiger partial charge in [-0.2, -0.15) is 0 Å². The fraction of sp³-hybridized carbons (Fsp3) is 0.933. The van der Waals surface area contributed by atoms with Gasteiger partial charge in [-0.25, -0.2) is 0 Å². The molecule has 3 nitrogen and oxygen atoms in total. The van der Waals surface area contributed by atoms with Crippen LogP contribution in [0.4, 0.5) is 0 Å². The van der Waals surface area contributed by atoms with Crippen LogP contribution >= 0.6 is 0 Å². The van der Waals surface area contributed by atoms with Crippen LogP contribution in [0.25, 0.3) is 0 Å². The summed E-state index contributed by atoms with van der Waals surface area (Å²) in [5.74, 6) is -1.13. The highest BCUT2D eigenvalue weighted by molar-refractivity contribution is 5.67. The van der Waals surface area contributed by atoms with Gasteiger partial charge in [0.25, 0.3) is 0 Å². The lowest BCUT2D eigenvalue weighted by atomic mass is 9.95. The van der Waals surface area contributed by atoms with Crippen molar-refractivity contribution in [1.82, 2.24) is 0 Å². The molecule has 0 amide bonds. The second-order valence-electron chi connectivity index (χ2n) is 5.21. The summed E-state index contributed by atoms with van der Waals surface area (Å²) in [6.45, 7) is 2.86. The van der Waals surface area contributed by atoms with Crippen molar-refractivity contribution in [2.24, 2.45) is 11.7 Å². The smallest absolute Gasteiger partial charge is 0.0445 e. The van der Waals surface area contributed by atoms with E-state index < -0.39 is 5.97 Å². The first-order chi connectivity index (χ1) is 8.72. The number of hydrogen-bond donors (Lipinski definition) is 1. The minimum atomic E-state index is -0.877. The normalized spacial score (nSPS) is 12.6. The average molecular weight is 256 g/mol. The van der Waals surface area contributed by atoms with E-state index in [9.17, 15) is 9.90 Å². The monoisotopic (exact) mass is 256 g/mol. The summed E-state index contributed by atoms with van der Waals surface area (Å²) in [6, 6.07) is 0. The van der Waals surface area contributed by atoms with E-state index in [1.54, 1.807) is 0 Å². The van der Waals surface area contributed by atoms with Crippen molar-refractivity contribution in [3.8, 4) is 0 Å². The van der Waals surface area contributed by atoms with Crippen LogP contribution in [0.15, 0.2) is 0 Å². The molecule has 0 bridgehead atoms. The van der Waals surface area contributed by atoms with Crippen molar-refractivity contribution in [2.45, 2.75) is 77.6 Å². The van der Waals surface area contributed by atoms with Gasteiger partial charge in [-0.3, -0.25) is 0 Å². The summed E-state index contributed by atoms with van der Waals surface area (Å²) >= 11 is 0. The van der Waals surface area contributed by atoms with Crippen LogP contribution in [0.3, 0.4) is 0 Å². The van der Waals surface area contributed by atoms with Gasteiger partial charge >= 0.3 is 0 Å². The van der Waals surface area contributed by atoms with Gasteiger partial charge in [0.05, 0.1) is 0 Å². The predicted molar refractivity (Wildman–Crippen MR) is 74.0 cm³/mol. The van der Waals surface area contributed by atoms with E-state index >= 15 is 0 Å². The second kappa shape index (κ2) is 12.9. The fourth-order valence-corrected chi connectivity index (χ4v) is 2.26. The van der Waals surface area contributed by atoms with Gasteiger partial charge < -0.3 is 15.6 Å². The van der Waals surface area contributed by atoms with Crippen LogP contribution in [-0.4, -0.2) is 12.5 Å². The van der Waals surface area contributed by atoms with E-state index in [1.165, 1.54) is 32.1 Å². The molecule has 0 spiro atoms. The maximum absolute atomic E-state index is 11.0. The van der Waals surface area contributed by atoms with Crippen LogP contribution in [0.5, 0.6) is 0 Å². The first-order valence-electron chi connectivity index (χ1n) is 7.63. The van der Waals surface area contributed by atoms with Gasteiger partial charge in [-0.05, 0) is 31.7 Å². The third kappa shape index (κ3) is 10.6. The van der Waals surface area contributed by atoms with Gasteiger partial charge in [0, 0.05) is 5.97 Å². The number of rotatable bonds is 13. The zero-order chi connectivity index (χ0) is 13.6. The summed E-state index contributed by atoms with van der Waals surface area (Å²) in [7, 11) is 0. The molecule has 0 aliphatic carbocycles. The number of aliphatic carboxylic acids is 1. The van der Waals surface area contributed by atoms with E-state index in [-0.39, 0.29) is 5.92 Å². The molecule has 1 atom stereocenters. The third-order valence-corrected chi connectivity index (χ3v) is 3.50. The summed E-state index contributed by atoms with van der Waals surface area (Å²) in [5.41, 5.74) is 5.41. The first-order valence-corrected chi connectivity index (χ1v) is 7.63. The number of unbranched alkanes of at least 4 members (excludes halogenated alkanes) is 7. The average Bonchev–Trinajstić information content (AvgIpc) is 2.35. The topological polar surface area (TPSA) is 66.2 Å². The Balaban J connectivity index is 3.49. The van der Waals surface area contributed by atoms with Gasteiger partial charge in [0.2, 0.25) is 0 Å². The first kappa shape index (κ1) is 17.4. The van der Waals surface area contributed by atoms with Crippen molar-refractivity contribution in [1.29, 1.82) is 0 Å². The number of hydrogen-bond acceptors (Lipinski definition) is 3. The van der Waals surface area contributed by atoms with Gasteiger partial charge in [-0.15, -0.1) is 0 Å². The zero-order valence-electron chi connectivity index (χ0n) is 12.0. The standard InChI is InChI=1S/C15H31NO2/c1-2-3-4-5-6-7-8-11-14(15(17)18)12-9-10-13-16/h14H,2-13,16H2,1H3,(H,17,18)/p-1. The summed E-state index contributed by atoms with van der Waals surface area (Å²) in [5, 5.41) is 11.0. The fourth-order valence-electron chi connectivity index (χ4n) is 2.26. The van der Waals surface area contributed by atoms with E-state index in [0.717, 1.165) is 38.5 Å². The van der Waals surface area contributed by atoms with Crippen LogP contribution in [-0.2, 0) is 4.79 Å². The SMILES string of the molecule is CCCCCCCCCC(CCCCN)C(=O)[O-]. The van der Waals surface area contributed by atoms with E-state index in [0.29, 0.717) is 6.54 Å². The van der Waals surface area contributed by atoms with Crippen molar-refractivity contribution in [3.05, 3.63) is 0 Å². The van der Waals surface area contributed by atoms with Crippen molar-refractivity contribution in [3.63, 3.8) is 0 Å². The Kier molecular flexibility index (Phi) is 12.5. The summed E-state index contributed by atoms with van der Waals surface area (Å²) in [6.07, 6.45) is 11.9. The molecular formula is C15H30NO2-. The summed E-state index contributed by atoms with van der Waals surface area (Å²) < 4.78 is 0. The molecule has 0 rings (SSSR count). The van der Waals surface area contributed by atoms with Gasteiger partial charge in [-0.1, -0.05) is 58.3 Å². The molecule has 0 aromatic rings. The minimum Gasteiger partial charge on any atom is -0.550 e. The quantitative estimate of drug-likeness (QED) is 0.515. The second-order valence-corrected chi connectivity index (χ2v) is 5.21. The van der Waals surface area contributed by atoms with E-state index in [2.05, 4.69) is 6.92 Å². The van der Waals surface area contributed by atoms with Crippen molar-refractivity contribution < 1.29 is 9.90 Å². The minimum absolute atomic E-state index is 0.257. The molecule has 2 N–H and O–H groups in total. The highest BCUT2D eigenvalue weighted by Gasteiger charge is 2.09. The third-order valence-electron chi connectivity index (χ3n) is 3.50. The largest absolute Gasteiger partial charge is 0.550 e. The van der Waals surface area contributed by atoms with E-state index in [4.69, 9.17) is 5.73 Å². The Labute approximate surface area is 112 Å². The lowest BCUT2D eigenvalue weighted by Gasteiger charge is -2.17. The number of carbonyl (C=O) groups is 1. The Hall–Kier alpha value is -0.570. The van der Waals surface area contributed by atoms with Crippen LogP contribution < -0.4 is 10.8 Å². The lowest BCUT2D eigenvalue weighted by molar-refractivity contribution is -0.312. The maximum atomic E-state index is 11.0. The maximum Gasteiger partial charge on any atom is 0.0445 e. The van der Waals surface area contributed by atoms with Crippen LogP contribution in [0.1, 0.15) is 77.6 Å². The molecule has 0 saturated carbocycles. The molecule has 0 heterocycles. The number of carboxylic acid groups (broad SMARTS) is 1. The molecule has 0 aromatic heterocycles. The Morgan fingerprint density at radius 2 is 1.44 bits per heavy atom. The Bertz CT molecular complexity index is 195. The van der Waals surface area contributed by atoms with Crippen molar-refractivity contribution >= 4 is 5.97 Å².